The summed E-state index contributed by atoms with van der Waals surface area (Å²) in [6.45, 7) is 3.24. The number of carbonyl (C=O) groups is 1. The number of aromatic nitrogens is 1. The lowest BCUT2D eigenvalue weighted by Crippen LogP contribution is -2.31. The molecule has 144 valence electrons. The normalized spacial score (nSPS) is 16.4. The lowest BCUT2D eigenvalue weighted by atomic mass is 10.0. The topological polar surface area (TPSA) is 66.6 Å². The second-order valence-corrected chi connectivity index (χ2v) is 8.18. The van der Waals surface area contributed by atoms with Gasteiger partial charge in [0.2, 0.25) is 6.79 Å². The fourth-order valence-electron chi connectivity index (χ4n) is 3.74. The molecule has 3 heterocycles. The Morgan fingerprint density at radius 1 is 1.14 bits per heavy atom. The molecule has 0 aliphatic carbocycles. The number of nitrogens with zero attached hydrogens (tertiary/aromatic N) is 1. The molecule has 7 heteroatoms. The van der Waals surface area contributed by atoms with Crippen molar-refractivity contribution in [2.45, 2.75) is 6.54 Å². The number of benzene rings is 2. The molecular weight excluding hydrogens is 374 g/mol. The zero-order valence-corrected chi connectivity index (χ0v) is 16.2. The van der Waals surface area contributed by atoms with E-state index in [1.54, 1.807) is 6.07 Å². The van der Waals surface area contributed by atoms with Crippen molar-refractivity contribution in [2.24, 2.45) is 0 Å². The minimum atomic E-state index is -0.125. The molecule has 3 aromatic rings. The highest BCUT2D eigenvalue weighted by atomic mass is 32.2. The van der Waals surface area contributed by atoms with Crippen LogP contribution in [0.5, 0.6) is 11.5 Å². The largest absolute Gasteiger partial charge is 0.454 e. The number of fused-ring (bicyclic) bond motifs is 2. The van der Waals surface area contributed by atoms with Gasteiger partial charge >= 0.3 is 0 Å². The number of H-pyrrole nitrogens is 1. The smallest absolute Gasteiger partial charge is 0.256 e. The first kappa shape index (κ1) is 17.5. The van der Waals surface area contributed by atoms with E-state index in [0.29, 0.717) is 22.7 Å². The summed E-state index contributed by atoms with van der Waals surface area (Å²) < 4.78 is 10.7. The van der Waals surface area contributed by atoms with Gasteiger partial charge in [0.25, 0.3) is 5.91 Å². The fraction of sp³-hybridized carbons (Fsp3) is 0.286. The summed E-state index contributed by atoms with van der Waals surface area (Å²) in [4.78, 5) is 18.8. The molecule has 28 heavy (non-hydrogen) atoms. The van der Waals surface area contributed by atoms with Gasteiger partial charge in [0.1, 0.15) is 0 Å². The predicted octanol–water partition coefficient (Wildman–Crippen LogP) is 3.70. The molecule has 1 amide bonds. The van der Waals surface area contributed by atoms with Gasteiger partial charge in [-0.15, -0.1) is 0 Å². The van der Waals surface area contributed by atoms with Crippen LogP contribution in [0.1, 0.15) is 15.9 Å². The minimum Gasteiger partial charge on any atom is -0.454 e. The average Bonchev–Trinajstić information content (AvgIpc) is 3.35. The molecule has 1 fully saturated rings. The van der Waals surface area contributed by atoms with E-state index in [2.05, 4.69) is 15.2 Å². The summed E-state index contributed by atoms with van der Waals surface area (Å²) in [5.41, 5.74) is 3.52. The van der Waals surface area contributed by atoms with Crippen molar-refractivity contribution in [3.63, 3.8) is 0 Å². The molecule has 2 aromatic carbocycles. The summed E-state index contributed by atoms with van der Waals surface area (Å²) in [5, 5.41) is 3.99. The fourth-order valence-corrected chi connectivity index (χ4v) is 4.72. The molecule has 2 aliphatic heterocycles. The summed E-state index contributed by atoms with van der Waals surface area (Å²) in [6.07, 6.45) is 2.03. The van der Waals surface area contributed by atoms with E-state index < -0.39 is 0 Å². The first-order valence-corrected chi connectivity index (χ1v) is 10.5. The van der Waals surface area contributed by atoms with Crippen LogP contribution in [0.25, 0.3) is 10.9 Å². The Morgan fingerprint density at radius 3 is 2.89 bits per heavy atom. The highest BCUT2D eigenvalue weighted by Gasteiger charge is 2.19. The molecule has 0 radical (unpaired) electrons. The molecule has 0 atom stereocenters. The van der Waals surface area contributed by atoms with Crippen LogP contribution >= 0.6 is 11.8 Å². The van der Waals surface area contributed by atoms with Crippen LogP contribution < -0.4 is 14.8 Å². The third-order valence-electron chi connectivity index (χ3n) is 5.16. The molecule has 6 nitrogen and oxygen atoms in total. The molecule has 1 saturated heterocycles. The zero-order valence-electron chi connectivity index (χ0n) is 15.4. The van der Waals surface area contributed by atoms with Crippen molar-refractivity contribution in [3.8, 4) is 11.5 Å². The number of ether oxygens (including phenoxy) is 2. The Labute approximate surface area is 167 Å². The van der Waals surface area contributed by atoms with Gasteiger partial charge in [-0.05, 0) is 29.8 Å². The quantitative estimate of drug-likeness (QED) is 0.705. The number of nitrogens with one attached hydrogen (secondary N) is 2. The van der Waals surface area contributed by atoms with Crippen LogP contribution in [0.15, 0.2) is 42.6 Å². The van der Waals surface area contributed by atoms with Gasteiger partial charge in [-0.3, -0.25) is 9.69 Å². The summed E-state index contributed by atoms with van der Waals surface area (Å²) >= 11 is 2.00. The number of thioether (sulfide) groups is 1. The Balaban J connectivity index is 1.43. The molecule has 0 saturated carbocycles. The third-order valence-corrected chi connectivity index (χ3v) is 6.10. The van der Waals surface area contributed by atoms with Crippen LogP contribution in [0, 0.1) is 0 Å². The maximum atomic E-state index is 13.1. The first-order chi connectivity index (χ1) is 13.8. The highest BCUT2D eigenvalue weighted by molar-refractivity contribution is 7.99. The predicted molar refractivity (Wildman–Crippen MR) is 111 cm³/mol. The summed E-state index contributed by atoms with van der Waals surface area (Å²) in [7, 11) is 0. The zero-order chi connectivity index (χ0) is 18.9. The van der Waals surface area contributed by atoms with Gasteiger partial charge in [-0.1, -0.05) is 6.07 Å². The second-order valence-electron chi connectivity index (χ2n) is 6.95. The van der Waals surface area contributed by atoms with Crippen molar-refractivity contribution < 1.29 is 14.3 Å². The number of carbonyl (C=O) groups excluding carboxylic acids is 1. The molecule has 0 spiro atoms. The highest BCUT2D eigenvalue weighted by Crippen LogP contribution is 2.34. The van der Waals surface area contributed by atoms with Crippen LogP contribution in [0.4, 0.5) is 5.69 Å². The van der Waals surface area contributed by atoms with E-state index in [-0.39, 0.29) is 12.7 Å². The van der Waals surface area contributed by atoms with E-state index in [1.807, 2.05) is 48.3 Å². The van der Waals surface area contributed by atoms with Crippen LogP contribution in [-0.4, -0.2) is 47.2 Å². The Bertz CT molecular complexity index is 1030. The maximum absolute atomic E-state index is 13.1. The number of rotatable bonds is 4. The number of amides is 1. The van der Waals surface area contributed by atoms with E-state index >= 15 is 0 Å². The van der Waals surface area contributed by atoms with Crippen molar-refractivity contribution in [1.82, 2.24) is 9.88 Å². The number of aromatic amines is 1. The van der Waals surface area contributed by atoms with Gasteiger partial charge in [-0.25, -0.2) is 0 Å². The monoisotopic (exact) mass is 395 g/mol. The minimum absolute atomic E-state index is 0.125. The maximum Gasteiger partial charge on any atom is 0.256 e. The molecule has 0 bridgehead atoms. The summed E-state index contributed by atoms with van der Waals surface area (Å²) in [5.74, 6) is 3.56. The van der Waals surface area contributed by atoms with Gasteiger partial charge in [0.15, 0.2) is 11.5 Å². The molecule has 2 aliphatic rings. The molecule has 0 unspecified atom stereocenters. The van der Waals surface area contributed by atoms with Gasteiger partial charge in [0, 0.05) is 65.6 Å². The Hall–Kier alpha value is -2.64. The van der Waals surface area contributed by atoms with E-state index in [0.717, 1.165) is 30.5 Å². The molecule has 2 N–H and O–H groups in total. The van der Waals surface area contributed by atoms with Gasteiger partial charge in [0.05, 0.1) is 0 Å². The van der Waals surface area contributed by atoms with Crippen molar-refractivity contribution >= 4 is 34.3 Å². The standard InChI is InChI=1S/C21H21N3O3S/c25-21(23-15-4-5-18-19(10-15)27-13-26-18)16-2-1-3-17-20(16)14(11-22-17)12-24-6-8-28-9-7-24/h1-5,10-11,22H,6-9,12-13H2,(H,23,25). The van der Waals surface area contributed by atoms with E-state index in [1.165, 1.54) is 17.1 Å². The number of anilines is 1. The SMILES string of the molecule is O=C(Nc1ccc2c(c1)OCO2)c1cccc2[nH]cc(CN3CCSCC3)c12. The third kappa shape index (κ3) is 3.31. The molecular formula is C21H21N3O3S. The van der Waals surface area contributed by atoms with Gasteiger partial charge in [-0.2, -0.15) is 11.8 Å². The van der Waals surface area contributed by atoms with Crippen molar-refractivity contribution in [1.29, 1.82) is 0 Å². The van der Waals surface area contributed by atoms with Crippen molar-refractivity contribution in [3.05, 3.63) is 53.7 Å². The lowest BCUT2D eigenvalue weighted by molar-refractivity contribution is 0.102. The van der Waals surface area contributed by atoms with Crippen LogP contribution in [0.3, 0.4) is 0 Å². The average molecular weight is 395 g/mol. The first-order valence-electron chi connectivity index (χ1n) is 9.38. The van der Waals surface area contributed by atoms with Crippen LogP contribution in [0.2, 0.25) is 0 Å². The lowest BCUT2D eigenvalue weighted by Gasteiger charge is -2.26. The Kier molecular flexibility index (Phi) is 4.62. The van der Waals surface area contributed by atoms with Crippen molar-refractivity contribution in [2.75, 3.05) is 36.7 Å². The van der Waals surface area contributed by atoms with Crippen LogP contribution in [-0.2, 0) is 6.54 Å². The second kappa shape index (κ2) is 7.41. The van der Waals surface area contributed by atoms with E-state index in [9.17, 15) is 4.79 Å². The van der Waals surface area contributed by atoms with E-state index in [4.69, 9.17) is 9.47 Å². The number of hydrogen-bond acceptors (Lipinski definition) is 5. The van der Waals surface area contributed by atoms with Gasteiger partial charge < -0.3 is 19.8 Å². The molecule has 1 aromatic heterocycles. The Morgan fingerprint density at radius 2 is 2.00 bits per heavy atom. The summed E-state index contributed by atoms with van der Waals surface area (Å²) in [6, 6.07) is 11.2. The number of hydrogen-bond donors (Lipinski definition) is 2. The molecule has 5 rings (SSSR count).